The molecule has 0 saturated carbocycles. The van der Waals surface area contributed by atoms with Gasteiger partial charge in [0.25, 0.3) is 5.91 Å². The molecule has 2 heterocycles. The van der Waals surface area contributed by atoms with Crippen LogP contribution < -0.4 is 9.96 Å². The van der Waals surface area contributed by atoms with Crippen LogP contribution in [0.1, 0.15) is 17.2 Å². The molecule has 0 N–H and O–H groups in total. The molecule has 2 aliphatic heterocycles. The van der Waals surface area contributed by atoms with Gasteiger partial charge in [-0.05, 0) is 42.3 Å². The lowest BCUT2D eigenvalue weighted by Gasteiger charge is -2.29. The van der Waals surface area contributed by atoms with E-state index in [9.17, 15) is 14.0 Å². The Kier molecular flexibility index (Phi) is 4.37. The van der Waals surface area contributed by atoms with Gasteiger partial charge in [-0.3, -0.25) is 14.4 Å². The molecule has 2 saturated heterocycles. The smallest absolute Gasteiger partial charge is 0.266 e. The number of hydroxylamine groups is 1. The molecule has 2 amide bonds. The molecule has 30 heavy (non-hydrogen) atoms. The van der Waals surface area contributed by atoms with Crippen molar-refractivity contribution in [3.63, 3.8) is 0 Å². The number of amides is 2. The van der Waals surface area contributed by atoms with E-state index in [0.717, 1.165) is 21.7 Å². The Morgan fingerprint density at radius 2 is 1.50 bits per heavy atom. The van der Waals surface area contributed by atoms with Gasteiger partial charge in [-0.1, -0.05) is 54.6 Å². The number of para-hydroxylation sites is 2. The van der Waals surface area contributed by atoms with Crippen LogP contribution in [0.15, 0.2) is 78.9 Å². The van der Waals surface area contributed by atoms with Crippen molar-refractivity contribution in [2.45, 2.75) is 19.1 Å². The summed E-state index contributed by atoms with van der Waals surface area (Å²) in [7, 11) is 0. The molecule has 150 valence electrons. The van der Waals surface area contributed by atoms with Gasteiger partial charge >= 0.3 is 0 Å². The summed E-state index contributed by atoms with van der Waals surface area (Å²) in [6.07, 6.45) is -1.01. The largest absolute Gasteiger partial charge is 0.273 e. The fourth-order valence-electron chi connectivity index (χ4n) is 4.32. The zero-order valence-electron chi connectivity index (χ0n) is 16.2. The first-order valence-electron chi connectivity index (χ1n) is 9.77. The minimum Gasteiger partial charge on any atom is -0.273 e. The van der Waals surface area contributed by atoms with Gasteiger partial charge in [0.2, 0.25) is 5.91 Å². The second kappa shape index (κ2) is 7.07. The van der Waals surface area contributed by atoms with Gasteiger partial charge in [0.1, 0.15) is 11.7 Å². The molecule has 3 atom stereocenters. The van der Waals surface area contributed by atoms with Crippen LogP contribution in [0.25, 0.3) is 0 Å². The molecule has 0 radical (unpaired) electrons. The number of imide groups is 1. The molecule has 5 rings (SSSR count). The summed E-state index contributed by atoms with van der Waals surface area (Å²) in [5.41, 5.74) is 2.58. The van der Waals surface area contributed by atoms with E-state index in [1.807, 2.05) is 61.5 Å². The Morgan fingerprint density at radius 3 is 2.23 bits per heavy atom. The molecule has 0 aromatic heterocycles. The molecule has 2 aliphatic rings. The van der Waals surface area contributed by atoms with Crippen molar-refractivity contribution in [1.82, 2.24) is 0 Å². The van der Waals surface area contributed by atoms with Crippen LogP contribution >= 0.6 is 0 Å². The second-order valence-corrected chi connectivity index (χ2v) is 7.48. The number of rotatable bonds is 3. The molecule has 0 bridgehead atoms. The number of carbonyl (C=O) groups excluding carboxylic acids is 2. The minimum atomic E-state index is -1.01. The zero-order valence-corrected chi connectivity index (χ0v) is 16.2. The van der Waals surface area contributed by atoms with E-state index >= 15 is 0 Å². The molecule has 6 heteroatoms. The van der Waals surface area contributed by atoms with E-state index in [1.165, 1.54) is 18.2 Å². The van der Waals surface area contributed by atoms with Crippen molar-refractivity contribution in [2.75, 3.05) is 9.96 Å². The van der Waals surface area contributed by atoms with Crippen LogP contribution in [0.3, 0.4) is 0 Å². The van der Waals surface area contributed by atoms with E-state index in [2.05, 4.69) is 0 Å². The highest BCUT2D eigenvalue weighted by molar-refractivity contribution is 6.24. The number of halogens is 1. The average molecular weight is 402 g/mol. The van der Waals surface area contributed by atoms with Crippen molar-refractivity contribution >= 4 is 23.2 Å². The van der Waals surface area contributed by atoms with Crippen LogP contribution in [0.5, 0.6) is 0 Å². The summed E-state index contributed by atoms with van der Waals surface area (Å²) < 4.78 is 14.4. The molecular weight excluding hydrogens is 383 g/mol. The Labute approximate surface area is 173 Å². The standard InChI is InChI=1S/C24H19FN2O3/c1-15-9-5-6-12-17(15)21-20-22(30-27(21)16-10-3-2-4-11-16)24(29)26(23(20)28)19-14-8-7-13-18(19)25/h2-14,20-22H,1H3. The first-order chi connectivity index (χ1) is 14.6. The molecule has 2 fully saturated rings. The van der Waals surface area contributed by atoms with Crippen LogP contribution in [-0.4, -0.2) is 17.9 Å². The molecule has 0 spiro atoms. The Hall–Kier alpha value is -3.51. The minimum absolute atomic E-state index is 0.0414. The van der Waals surface area contributed by atoms with Gasteiger partial charge in [0, 0.05) is 0 Å². The van der Waals surface area contributed by atoms with Crippen LogP contribution in [0.4, 0.5) is 15.8 Å². The van der Waals surface area contributed by atoms with Crippen molar-refractivity contribution in [1.29, 1.82) is 0 Å². The van der Waals surface area contributed by atoms with E-state index in [-0.39, 0.29) is 5.69 Å². The van der Waals surface area contributed by atoms with Crippen molar-refractivity contribution < 1.29 is 18.8 Å². The third-order valence-corrected chi connectivity index (χ3v) is 5.73. The number of fused-ring (bicyclic) bond motifs is 1. The van der Waals surface area contributed by atoms with Crippen LogP contribution in [-0.2, 0) is 14.4 Å². The maximum atomic E-state index is 14.4. The van der Waals surface area contributed by atoms with E-state index in [0.29, 0.717) is 0 Å². The predicted octanol–water partition coefficient (Wildman–Crippen LogP) is 4.19. The van der Waals surface area contributed by atoms with Gasteiger partial charge in [0.05, 0.1) is 17.4 Å². The molecule has 0 aliphatic carbocycles. The van der Waals surface area contributed by atoms with E-state index in [1.54, 1.807) is 11.1 Å². The average Bonchev–Trinajstić information content (AvgIpc) is 3.26. The number of anilines is 2. The number of nitrogens with zero attached hydrogens (tertiary/aromatic N) is 2. The van der Waals surface area contributed by atoms with E-state index < -0.39 is 35.7 Å². The summed E-state index contributed by atoms with van der Waals surface area (Å²) in [6, 6.07) is 22.4. The number of hydrogen-bond acceptors (Lipinski definition) is 4. The summed E-state index contributed by atoms with van der Waals surface area (Å²) >= 11 is 0. The van der Waals surface area contributed by atoms with E-state index in [4.69, 9.17) is 4.84 Å². The predicted molar refractivity (Wildman–Crippen MR) is 110 cm³/mol. The first-order valence-corrected chi connectivity index (χ1v) is 9.77. The first kappa shape index (κ1) is 18.5. The van der Waals surface area contributed by atoms with Gasteiger partial charge in [-0.15, -0.1) is 0 Å². The van der Waals surface area contributed by atoms with Gasteiger partial charge in [-0.25, -0.2) is 14.4 Å². The maximum absolute atomic E-state index is 14.4. The highest BCUT2D eigenvalue weighted by Crippen LogP contribution is 2.48. The molecule has 3 aromatic carbocycles. The molecule has 3 unspecified atom stereocenters. The third kappa shape index (κ3) is 2.72. The maximum Gasteiger partial charge on any atom is 0.266 e. The summed E-state index contributed by atoms with van der Waals surface area (Å²) in [5, 5.41) is 1.64. The topological polar surface area (TPSA) is 49.9 Å². The number of aryl methyl sites for hydroxylation is 1. The fourth-order valence-corrected chi connectivity index (χ4v) is 4.32. The Balaban J connectivity index is 1.62. The number of carbonyl (C=O) groups is 2. The summed E-state index contributed by atoms with van der Waals surface area (Å²) in [5.74, 6) is -2.40. The molecule has 5 nitrogen and oxygen atoms in total. The summed E-state index contributed by atoms with van der Waals surface area (Å²) in [4.78, 5) is 33.6. The van der Waals surface area contributed by atoms with Crippen LogP contribution in [0.2, 0.25) is 0 Å². The Bertz CT molecular complexity index is 1130. The number of benzene rings is 3. The monoisotopic (exact) mass is 402 g/mol. The second-order valence-electron chi connectivity index (χ2n) is 7.48. The van der Waals surface area contributed by atoms with Gasteiger partial charge in [0.15, 0.2) is 6.10 Å². The van der Waals surface area contributed by atoms with Gasteiger partial charge in [-0.2, -0.15) is 0 Å². The lowest BCUT2D eigenvalue weighted by molar-refractivity contribution is -0.126. The summed E-state index contributed by atoms with van der Waals surface area (Å²) in [6.45, 7) is 1.96. The number of hydrogen-bond donors (Lipinski definition) is 0. The normalized spacial score (nSPS) is 23.2. The Morgan fingerprint density at radius 1 is 0.833 bits per heavy atom. The molecule has 3 aromatic rings. The van der Waals surface area contributed by atoms with Gasteiger partial charge < -0.3 is 0 Å². The lowest BCUT2D eigenvalue weighted by atomic mass is 9.88. The molecular formula is C24H19FN2O3. The SMILES string of the molecule is Cc1ccccc1C1C2C(=O)N(c3ccccc3F)C(=O)C2ON1c1ccccc1. The lowest BCUT2D eigenvalue weighted by Crippen LogP contribution is -2.38. The highest BCUT2D eigenvalue weighted by atomic mass is 19.1. The zero-order chi connectivity index (χ0) is 20.8. The van der Waals surface area contributed by atoms with Crippen LogP contribution in [0, 0.1) is 18.7 Å². The van der Waals surface area contributed by atoms with Crippen molar-refractivity contribution in [2.24, 2.45) is 5.92 Å². The quantitative estimate of drug-likeness (QED) is 0.617. The highest BCUT2D eigenvalue weighted by Gasteiger charge is 2.60. The van der Waals surface area contributed by atoms with Crippen molar-refractivity contribution in [3.8, 4) is 0 Å². The fraction of sp³-hybridized carbons (Fsp3) is 0.167. The van der Waals surface area contributed by atoms with Crippen molar-refractivity contribution in [3.05, 3.63) is 95.8 Å². The third-order valence-electron chi connectivity index (χ3n) is 5.73.